The zero-order valence-corrected chi connectivity index (χ0v) is 11.5. The van der Waals surface area contributed by atoms with E-state index in [9.17, 15) is 14.9 Å². The van der Waals surface area contributed by atoms with Crippen LogP contribution in [0.25, 0.3) is 0 Å². The van der Waals surface area contributed by atoms with Gasteiger partial charge in [0, 0.05) is 30.7 Å². The van der Waals surface area contributed by atoms with E-state index in [2.05, 4.69) is 0 Å². The van der Waals surface area contributed by atoms with Crippen molar-refractivity contribution in [3.8, 4) is 0 Å². The van der Waals surface area contributed by atoms with Crippen LogP contribution in [0.4, 0.5) is 5.69 Å². The predicted octanol–water partition coefficient (Wildman–Crippen LogP) is 2.31. The van der Waals surface area contributed by atoms with Crippen LogP contribution in [0.5, 0.6) is 0 Å². The second-order valence-electron chi connectivity index (χ2n) is 3.78. The number of hydrogen-bond donors (Lipinski definition) is 0. The number of nitrogens with zero attached hydrogens (tertiary/aromatic N) is 2. The summed E-state index contributed by atoms with van der Waals surface area (Å²) in [7, 11) is 3.75. The minimum Gasteiger partial charge on any atom is -0.309 e. The second kappa shape index (κ2) is 7.13. The van der Waals surface area contributed by atoms with Gasteiger partial charge in [0.1, 0.15) is 0 Å². The summed E-state index contributed by atoms with van der Waals surface area (Å²) >= 11 is 0. The van der Waals surface area contributed by atoms with Gasteiger partial charge in [-0.15, -0.1) is 17.0 Å². The van der Waals surface area contributed by atoms with Gasteiger partial charge in [0.05, 0.1) is 4.92 Å². The summed E-state index contributed by atoms with van der Waals surface area (Å²) in [4.78, 5) is 23.6. The van der Waals surface area contributed by atoms with E-state index in [1.54, 1.807) is 6.07 Å². The molecule has 0 aliphatic carbocycles. The van der Waals surface area contributed by atoms with Gasteiger partial charge in [-0.1, -0.05) is 12.1 Å². The monoisotopic (exact) mass is 302 g/mol. The Morgan fingerprint density at radius 2 is 2.06 bits per heavy atom. The van der Waals surface area contributed by atoms with Gasteiger partial charge in [-0.25, -0.2) is 0 Å². The highest BCUT2D eigenvalue weighted by molar-refractivity contribution is 8.93. The molecular formula is C11H15BrN2O3. The number of nitro benzene ring substituents is 1. The highest BCUT2D eigenvalue weighted by Crippen LogP contribution is 2.14. The Labute approximate surface area is 110 Å². The molecule has 0 amide bonds. The van der Waals surface area contributed by atoms with Gasteiger partial charge < -0.3 is 4.90 Å². The van der Waals surface area contributed by atoms with Crippen molar-refractivity contribution < 1.29 is 9.72 Å². The Kier molecular flexibility index (Phi) is 6.60. The van der Waals surface area contributed by atoms with Crippen LogP contribution >= 0.6 is 17.0 Å². The summed E-state index contributed by atoms with van der Waals surface area (Å²) in [6, 6.07) is 5.83. The van der Waals surface area contributed by atoms with E-state index in [0.29, 0.717) is 18.5 Å². The van der Waals surface area contributed by atoms with Crippen LogP contribution in [-0.4, -0.2) is 36.2 Å². The number of nitro groups is 1. The number of Topliss-reactive ketones (excluding diaryl/α,β-unsaturated/α-hetero) is 1. The lowest BCUT2D eigenvalue weighted by molar-refractivity contribution is -0.384. The molecule has 0 aromatic heterocycles. The summed E-state index contributed by atoms with van der Waals surface area (Å²) in [5, 5.41) is 10.5. The Bertz CT molecular complexity index is 407. The molecule has 0 saturated heterocycles. The summed E-state index contributed by atoms with van der Waals surface area (Å²) < 4.78 is 0. The van der Waals surface area contributed by atoms with E-state index >= 15 is 0 Å². The van der Waals surface area contributed by atoms with Crippen LogP contribution in [0.3, 0.4) is 0 Å². The number of benzene rings is 1. The van der Waals surface area contributed by atoms with Crippen LogP contribution in [0.2, 0.25) is 0 Å². The molecule has 6 heteroatoms. The molecule has 0 N–H and O–H groups in total. The van der Waals surface area contributed by atoms with Crippen LogP contribution in [0, 0.1) is 10.1 Å². The molecule has 0 saturated carbocycles. The molecule has 0 radical (unpaired) electrons. The molecule has 0 aliphatic heterocycles. The molecule has 0 fully saturated rings. The molecule has 0 aliphatic rings. The molecule has 1 rings (SSSR count). The molecule has 94 valence electrons. The van der Waals surface area contributed by atoms with Crippen molar-refractivity contribution in [3.63, 3.8) is 0 Å². The maximum Gasteiger partial charge on any atom is 0.270 e. The smallest absolute Gasteiger partial charge is 0.270 e. The number of ketones is 1. The highest BCUT2D eigenvalue weighted by atomic mass is 79.9. The minimum absolute atomic E-state index is 0. The van der Waals surface area contributed by atoms with Crippen molar-refractivity contribution in [2.45, 2.75) is 6.42 Å². The van der Waals surface area contributed by atoms with E-state index in [1.165, 1.54) is 18.2 Å². The topological polar surface area (TPSA) is 63.5 Å². The maximum atomic E-state index is 11.7. The first-order valence-corrected chi connectivity index (χ1v) is 4.93. The van der Waals surface area contributed by atoms with Gasteiger partial charge in [0.15, 0.2) is 5.78 Å². The zero-order valence-electron chi connectivity index (χ0n) is 9.75. The van der Waals surface area contributed by atoms with E-state index < -0.39 is 4.92 Å². The van der Waals surface area contributed by atoms with Crippen LogP contribution in [0.15, 0.2) is 24.3 Å². The van der Waals surface area contributed by atoms with Crippen LogP contribution in [0.1, 0.15) is 16.8 Å². The van der Waals surface area contributed by atoms with Crippen LogP contribution < -0.4 is 0 Å². The molecule has 0 atom stereocenters. The first-order chi connectivity index (χ1) is 7.50. The van der Waals surface area contributed by atoms with Gasteiger partial charge in [-0.3, -0.25) is 14.9 Å². The van der Waals surface area contributed by atoms with Gasteiger partial charge >= 0.3 is 0 Å². The average Bonchev–Trinajstić information content (AvgIpc) is 2.26. The molecule has 1 aromatic rings. The predicted molar refractivity (Wildman–Crippen MR) is 70.9 cm³/mol. The van der Waals surface area contributed by atoms with Gasteiger partial charge in [0.2, 0.25) is 0 Å². The standard InChI is InChI=1S/C11H14N2O3.BrH/c1-12(2)7-6-11(14)9-4-3-5-10(8-9)13(15)16;/h3-5,8H,6-7H2,1-2H3;1H. The summed E-state index contributed by atoms with van der Waals surface area (Å²) in [6.07, 6.45) is 0.369. The normalized spacial score (nSPS) is 9.82. The fourth-order valence-electron chi connectivity index (χ4n) is 1.26. The SMILES string of the molecule is Br.CN(C)CCC(=O)c1cccc([N+](=O)[O-])c1. The fraction of sp³-hybridized carbons (Fsp3) is 0.364. The fourth-order valence-corrected chi connectivity index (χ4v) is 1.26. The lowest BCUT2D eigenvalue weighted by Gasteiger charge is -2.07. The number of rotatable bonds is 5. The van der Waals surface area contributed by atoms with E-state index in [4.69, 9.17) is 0 Å². The van der Waals surface area contributed by atoms with Crippen molar-refractivity contribution in [1.82, 2.24) is 4.90 Å². The average molecular weight is 303 g/mol. The Hall–Kier alpha value is -1.27. The van der Waals surface area contributed by atoms with Crippen molar-refractivity contribution >= 4 is 28.5 Å². The quantitative estimate of drug-likeness (QED) is 0.476. The van der Waals surface area contributed by atoms with E-state index in [1.807, 2.05) is 19.0 Å². The number of carbonyl (C=O) groups excluding carboxylic acids is 1. The van der Waals surface area contributed by atoms with Crippen molar-refractivity contribution in [2.24, 2.45) is 0 Å². The van der Waals surface area contributed by atoms with Crippen molar-refractivity contribution in [3.05, 3.63) is 39.9 Å². The number of carbonyl (C=O) groups is 1. The third-order valence-corrected chi connectivity index (χ3v) is 2.17. The maximum absolute atomic E-state index is 11.7. The van der Waals surface area contributed by atoms with E-state index in [0.717, 1.165) is 0 Å². The Morgan fingerprint density at radius 3 is 2.59 bits per heavy atom. The zero-order chi connectivity index (χ0) is 12.1. The van der Waals surface area contributed by atoms with Crippen LogP contribution in [-0.2, 0) is 0 Å². The van der Waals surface area contributed by atoms with Gasteiger partial charge in [-0.05, 0) is 14.1 Å². The molecule has 1 aromatic carbocycles. The highest BCUT2D eigenvalue weighted by Gasteiger charge is 2.11. The molecule has 5 nitrogen and oxygen atoms in total. The summed E-state index contributed by atoms with van der Waals surface area (Å²) in [6.45, 7) is 0.640. The lowest BCUT2D eigenvalue weighted by atomic mass is 10.1. The number of non-ortho nitro benzene ring substituents is 1. The summed E-state index contributed by atoms with van der Waals surface area (Å²) in [5.74, 6) is -0.0719. The minimum atomic E-state index is -0.497. The molecular weight excluding hydrogens is 288 g/mol. The lowest BCUT2D eigenvalue weighted by Crippen LogP contribution is -2.16. The molecule has 17 heavy (non-hydrogen) atoms. The number of hydrogen-bond acceptors (Lipinski definition) is 4. The first-order valence-electron chi connectivity index (χ1n) is 4.93. The molecule has 0 bridgehead atoms. The molecule has 0 unspecified atom stereocenters. The molecule has 0 heterocycles. The van der Waals surface area contributed by atoms with Crippen molar-refractivity contribution in [1.29, 1.82) is 0 Å². The van der Waals surface area contributed by atoms with E-state index in [-0.39, 0.29) is 28.5 Å². The largest absolute Gasteiger partial charge is 0.309 e. The second-order valence-corrected chi connectivity index (χ2v) is 3.78. The number of halogens is 1. The molecule has 0 spiro atoms. The van der Waals surface area contributed by atoms with Gasteiger partial charge in [0.25, 0.3) is 5.69 Å². The Morgan fingerprint density at radius 1 is 1.41 bits per heavy atom. The van der Waals surface area contributed by atoms with Gasteiger partial charge in [-0.2, -0.15) is 0 Å². The van der Waals surface area contributed by atoms with Crippen molar-refractivity contribution in [2.75, 3.05) is 20.6 Å². The summed E-state index contributed by atoms with van der Waals surface area (Å²) in [5.41, 5.74) is 0.353. The third kappa shape index (κ3) is 5.06. The first kappa shape index (κ1) is 15.7. The third-order valence-electron chi connectivity index (χ3n) is 2.17. The Balaban J connectivity index is 0.00000256.